The summed E-state index contributed by atoms with van der Waals surface area (Å²) < 4.78 is 12.9. The van der Waals surface area contributed by atoms with Gasteiger partial charge in [0.1, 0.15) is 6.10 Å². The fraction of sp³-hybridized carbons (Fsp3) is 0.800. The first-order chi connectivity index (χ1) is 8.33. The first-order valence-electron chi connectivity index (χ1n) is 5.60. The zero-order chi connectivity index (χ0) is 12.1. The summed E-state index contributed by atoms with van der Waals surface area (Å²) in [6.45, 7) is 1.83. The minimum Gasteiger partial charge on any atom is -0.376 e. The summed E-state index contributed by atoms with van der Waals surface area (Å²) in [5, 5.41) is 9.23. The Balaban J connectivity index is 1.98. The average molecular weight is 278 g/mol. The van der Waals surface area contributed by atoms with E-state index < -0.39 is 0 Å². The maximum atomic E-state index is 5.64. The van der Waals surface area contributed by atoms with Crippen molar-refractivity contribution < 1.29 is 9.47 Å². The van der Waals surface area contributed by atoms with E-state index in [1.54, 1.807) is 11.8 Å². The molecule has 17 heavy (non-hydrogen) atoms. The molecular weight excluding hydrogens is 262 g/mol. The van der Waals surface area contributed by atoms with E-state index >= 15 is 0 Å². The number of alkyl halides is 1. The minimum absolute atomic E-state index is 0.0939. The lowest BCUT2D eigenvalue weighted by Crippen LogP contribution is -2.24. The van der Waals surface area contributed by atoms with Crippen molar-refractivity contribution in [1.29, 1.82) is 0 Å². The molecule has 96 valence electrons. The Morgan fingerprint density at radius 1 is 1.47 bits per heavy atom. The number of halogens is 1. The van der Waals surface area contributed by atoms with Gasteiger partial charge in [0.05, 0.1) is 19.8 Å². The van der Waals surface area contributed by atoms with Gasteiger partial charge in [-0.1, -0.05) is 11.8 Å². The van der Waals surface area contributed by atoms with Crippen LogP contribution in [0.5, 0.6) is 0 Å². The molecule has 0 N–H and O–H groups in total. The molecule has 0 amide bonds. The zero-order valence-corrected chi connectivity index (χ0v) is 11.3. The van der Waals surface area contributed by atoms with Crippen molar-refractivity contribution >= 4 is 23.4 Å². The molecule has 7 heteroatoms. The van der Waals surface area contributed by atoms with Crippen LogP contribution in [0.25, 0.3) is 0 Å². The molecule has 1 aliphatic rings. The molecule has 0 spiro atoms. The van der Waals surface area contributed by atoms with Gasteiger partial charge in [-0.3, -0.25) is 0 Å². The quantitative estimate of drug-likeness (QED) is 0.465. The van der Waals surface area contributed by atoms with Gasteiger partial charge in [-0.15, -0.1) is 21.8 Å². The molecule has 0 aliphatic carbocycles. The number of ether oxygens (including phenoxy) is 2. The number of hydrogen-bond donors (Lipinski definition) is 0. The Morgan fingerprint density at radius 2 is 2.35 bits per heavy atom. The van der Waals surface area contributed by atoms with E-state index in [2.05, 4.69) is 10.2 Å². The predicted octanol–water partition coefficient (Wildman–Crippen LogP) is 1.62. The van der Waals surface area contributed by atoms with E-state index in [1.165, 1.54) is 0 Å². The topological polar surface area (TPSA) is 49.2 Å². The minimum atomic E-state index is -0.0939. The SMILES string of the molecule is Cn1c(SCCCCl)nnc1C1COCCO1. The lowest BCUT2D eigenvalue weighted by Gasteiger charge is -2.21. The Labute approximate surface area is 110 Å². The van der Waals surface area contributed by atoms with E-state index in [4.69, 9.17) is 21.1 Å². The Bertz CT molecular complexity index is 355. The van der Waals surface area contributed by atoms with Crippen LogP contribution in [0.15, 0.2) is 5.16 Å². The van der Waals surface area contributed by atoms with Gasteiger partial charge in [0.25, 0.3) is 0 Å². The molecule has 1 aromatic heterocycles. The summed E-state index contributed by atoms with van der Waals surface area (Å²) >= 11 is 7.31. The van der Waals surface area contributed by atoms with Gasteiger partial charge >= 0.3 is 0 Å². The number of hydrogen-bond acceptors (Lipinski definition) is 5. The second kappa shape index (κ2) is 6.58. The first kappa shape index (κ1) is 13.1. The predicted molar refractivity (Wildman–Crippen MR) is 66.6 cm³/mol. The molecule has 0 bridgehead atoms. The lowest BCUT2D eigenvalue weighted by atomic mass is 10.3. The fourth-order valence-corrected chi connectivity index (χ4v) is 2.74. The summed E-state index contributed by atoms with van der Waals surface area (Å²) in [7, 11) is 1.95. The Morgan fingerprint density at radius 3 is 3.06 bits per heavy atom. The van der Waals surface area contributed by atoms with Crippen molar-refractivity contribution in [3.63, 3.8) is 0 Å². The normalized spacial score (nSPS) is 20.7. The maximum Gasteiger partial charge on any atom is 0.191 e. The van der Waals surface area contributed by atoms with Gasteiger partial charge < -0.3 is 14.0 Å². The monoisotopic (exact) mass is 277 g/mol. The molecular formula is C10H16ClN3O2S. The molecule has 2 heterocycles. The summed E-state index contributed by atoms with van der Waals surface area (Å²) in [6, 6.07) is 0. The van der Waals surface area contributed by atoms with Gasteiger partial charge in [0.15, 0.2) is 11.0 Å². The molecule has 1 aromatic rings. The van der Waals surface area contributed by atoms with Crippen LogP contribution in [0.2, 0.25) is 0 Å². The lowest BCUT2D eigenvalue weighted by molar-refractivity contribution is -0.0946. The summed E-state index contributed by atoms with van der Waals surface area (Å²) in [5.41, 5.74) is 0. The largest absolute Gasteiger partial charge is 0.376 e. The van der Waals surface area contributed by atoms with Crippen LogP contribution in [-0.2, 0) is 16.5 Å². The fourth-order valence-electron chi connectivity index (χ4n) is 1.59. The van der Waals surface area contributed by atoms with Gasteiger partial charge in [0, 0.05) is 18.7 Å². The molecule has 1 fully saturated rings. The van der Waals surface area contributed by atoms with Crippen LogP contribution in [0.4, 0.5) is 0 Å². The van der Waals surface area contributed by atoms with Crippen LogP contribution in [0.3, 0.4) is 0 Å². The number of rotatable bonds is 5. The summed E-state index contributed by atoms with van der Waals surface area (Å²) in [6.07, 6.45) is 0.876. The van der Waals surface area contributed by atoms with Crippen LogP contribution < -0.4 is 0 Å². The van der Waals surface area contributed by atoms with E-state index in [0.717, 1.165) is 23.2 Å². The standard InChI is InChI=1S/C10H16ClN3O2S/c1-14-9(8-7-15-4-5-16-8)12-13-10(14)17-6-2-3-11/h8H,2-7H2,1H3. The molecule has 5 nitrogen and oxygen atoms in total. The van der Waals surface area contributed by atoms with Crippen molar-refractivity contribution in [1.82, 2.24) is 14.8 Å². The molecule has 0 saturated carbocycles. The smallest absolute Gasteiger partial charge is 0.191 e. The molecule has 0 radical (unpaired) electrons. The van der Waals surface area contributed by atoms with Crippen molar-refractivity contribution in [2.45, 2.75) is 17.7 Å². The summed E-state index contributed by atoms with van der Waals surface area (Å²) in [4.78, 5) is 0. The maximum absolute atomic E-state index is 5.64. The van der Waals surface area contributed by atoms with Crippen LogP contribution in [0, 0.1) is 0 Å². The van der Waals surface area contributed by atoms with Crippen LogP contribution in [-0.4, -0.2) is 46.2 Å². The van der Waals surface area contributed by atoms with Crippen molar-refractivity contribution in [3.8, 4) is 0 Å². The van der Waals surface area contributed by atoms with Crippen molar-refractivity contribution in [2.24, 2.45) is 7.05 Å². The third kappa shape index (κ3) is 3.34. The van der Waals surface area contributed by atoms with Crippen LogP contribution in [0.1, 0.15) is 18.3 Å². The number of aromatic nitrogens is 3. The van der Waals surface area contributed by atoms with Crippen molar-refractivity contribution in [2.75, 3.05) is 31.5 Å². The second-order valence-electron chi connectivity index (χ2n) is 3.73. The van der Waals surface area contributed by atoms with E-state index in [9.17, 15) is 0 Å². The third-order valence-corrected chi connectivity index (χ3v) is 3.86. The number of thioether (sulfide) groups is 1. The second-order valence-corrected chi connectivity index (χ2v) is 5.17. The summed E-state index contributed by atoms with van der Waals surface area (Å²) in [5.74, 6) is 2.47. The molecule has 1 unspecified atom stereocenters. The molecule has 0 aromatic carbocycles. The number of nitrogens with zero attached hydrogens (tertiary/aromatic N) is 3. The first-order valence-corrected chi connectivity index (χ1v) is 7.12. The molecule has 1 saturated heterocycles. The van der Waals surface area contributed by atoms with Gasteiger partial charge in [-0.25, -0.2) is 0 Å². The van der Waals surface area contributed by atoms with E-state index in [-0.39, 0.29) is 6.10 Å². The highest BCUT2D eigenvalue weighted by molar-refractivity contribution is 7.99. The zero-order valence-electron chi connectivity index (χ0n) is 9.76. The van der Waals surface area contributed by atoms with Crippen LogP contribution >= 0.6 is 23.4 Å². The van der Waals surface area contributed by atoms with E-state index in [1.807, 2.05) is 11.6 Å². The average Bonchev–Trinajstić information content (AvgIpc) is 2.73. The molecule has 2 rings (SSSR count). The van der Waals surface area contributed by atoms with Gasteiger partial charge in [-0.2, -0.15) is 0 Å². The van der Waals surface area contributed by atoms with Crippen molar-refractivity contribution in [3.05, 3.63) is 5.82 Å². The highest BCUT2D eigenvalue weighted by Gasteiger charge is 2.23. The van der Waals surface area contributed by atoms with Gasteiger partial charge in [0.2, 0.25) is 0 Å². The Hall–Kier alpha value is -0.300. The van der Waals surface area contributed by atoms with E-state index in [0.29, 0.717) is 25.7 Å². The Kier molecular flexibility index (Phi) is 5.09. The molecule has 1 aliphatic heterocycles. The third-order valence-electron chi connectivity index (χ3n) is 2.48. The van der Waals surface area contributed by atoms with Gasteiger partial charge in [-0.05, 0) is 6.42 Å². The highest BCUT2D eigenvalue weighted by atomic mass is 35.5. The highest BCUT2D eigenvalue weighted by Crippen LogP contribution is 2.23. The molecule has 1 atom stereocenters.